The van der Waals surface area contributed by atoms with Crippen molar-refractivity contribution in [2.45, 2.75) is 64.0 Å². The molecule has 2 bridgehead atoms. The van der Waals surface area contributed by atoms with E-state index in [-0.39, 0.29) is 17.7 Å². The number of hydrogen-bond acceptors (Lipinski definition) is 3. The summed E-state index contributed by atoms with van der Waals surface area (Å²) in [5.74, 6) is 2.23. The number of hydrogen-bond donors (Lipinski definition) is 3. The number of rotatable bonds is 7. The number of carbonyl (C=O) groups is 2. The molecule has 0 radical (unpaired) electrons. The molecule has 0 aromatic carbocycles. The summed E-state index contributed by atoms with van der Waals surface area (Å²) in [6, 6.07) is -0.826. The van der Waals surface area contributed by atoms with Crippen molar-refractivity contribution in [2.75, 3.05) is 6.54 Å². The van der Waals surface area contributed by atoms with Gasteiger partial charge in [0.15, 0.2) is 0 Å². The van der Waals surface area contributed by atoms with Crippen molar-refractivity contribution in [3.8, 4) is 0 Å². The smallest absolute Gasteiger partial charge is 0.245 e. The van der Waals surface area contributed by atoms with Gasteiger partial charge in [0.1, 0.15) is 6.04 Å². The molecule has 3 saturated carbocycles. The highest BCUT2D eigenvalue weighted by Gasteiger charge is 2.39. The first-order valence-electron chi connectivity index (χ1n) is 8.80. The highest BCUT2D eigenvalue weighted by molar-refractivity contribution is 5.89. The molecule has 22 heavy (non-hydrogen) atoms. The van der Waals surface area contributed by atoms with Crippen LogP contribution in [0.5, 0.6) is 0 Å². The second kappa shape index (κ2) is 6.57. The summed E-state index contributed by atoms with van der Waals surface area (Å²) in [5, 5.41) is 15.3. The monoisotopic (exact) mass is 308 g/mol. The maximum atomic E-state index is 12.2. The predicted molar refractivity (Wildman–Crippen MR) is 82.9 cm³/mol. The highest BCUT2D eigenvalue weighted by atomic mass is 16.3. The maximum absolute atomic E-state index is 12.2. The van der Waals surface area contributed by atoms with Crippen molar-refractivity contribution >= 4 is 11.8 Å². The topological polar surface area (TPSA) is 78.4 Å². The number of nitrogens with one attached hydrogen (secondary N) is 2. The number of aliphatic hydroxyl groups is 1. The zero-order valence-electron chi connectivity index (χ0n) is 13.4. The number of aliphatic hydroxyl groups excluding tert-OH is 1. The van der Waals surface area contributed by atoms with E-state index < -0.39 is 12.1 Å². The maximum Gasteiger partial charge on any atom is 0.245 e. The van der Waals surface area contributed by atoms with Gasteiger partial charge in [-0.25, -0.2) is 0 Å². The van der Waals surface area contributed by atoms with Crippen LogP contribution in [0.3, 0.4) is 0 Å². The standard InChI is InChI=1S/C17H28N2O3/c1-10(20)15(19-16(21)12-4-5-12)17(22)18-7-6-14-9-11-2-3-13(14)8-11/h10-15,20H,2-9H2,1H3,(H,18,22)(H,19,21). The summed E-state index contributed by atoms with van der Waals surface area (Å²) in [7, 11) is 0. The Morgan fingerprint density at radius 3 is 2.50 bits per heavy atom. The molecular formula is C17H28N2O3. The quantitative estimate of drug-likeness (QED) is 0.661. The number of amides is 2. The van der Waals surface area contributed by atoms with E-state index in [1.165, 1.54) is 25.7 Å². The van der Waals surface area contributed by atoms with Gasteiger partial charge in [-0.3, -0.25) is 9.59 Å². The molecule has 0 heterocycles. The Morgan fingerprint density at radius 2 is 1.95 bits per heavy atom. The molecule has 3 aliphatic rings. The van der Waals surface area contributed by atoms with Crippen LogP contribution in [-0.4, -0.2) is 35.6 Å². The Bertz CT molecular complexity index is 434. The van der Waals surface area contributed by atoms with E-state index in [1.807, 2.05) is 0 Å². The normalized spacial score (nSPS) is 32.5. The van der Waals surface area contributed by atoms with Crippen molar-refractivity contribution in [3.05, 3.63) is 0 Å². The Labute approximate surface area is 132 Å². The molecule has 3 aliphatic carbocycles. The molecular weight excluding hydrogens is 280 g/mol. The van der Waals surface area contributed by atoms with Crippen LogP contribution in [0.25, 0.3) is 0 Å². The molecule has 0 saturated heterocycles. The summed E-state index contributed by atoms with van der Waals surface area (Å²) >= 11 is 0. The first-order chi connectivity index (χ1) is 10.5. The second-order valence-corrected chi connectivity index (χ2v) is 7.52. The summed E-state index contributed by atoms with van der Waals surface area (Å²) in [6.07, 6.45) is 7.39. The van der Waals surface area contributed by atoms with Crippen molar-refractivity contribution in [3.63, 3.8) is 0 Å². The van der Waals surface area contributed by atoms with Crippen LogP contribution in [-0.2, 0) is 9.59 Å². The lowest BCUT2D eigenvalue weighted by atomic mass is 9.86. The summed E-state index contributed by atoms with van der Waals surface area (Å²) in [5.41, 5.74) is 0. The van der Waals surface area contributed by atoms with E-state index >= 15 is 0 Å². The molecule has 124 valence electrons. The minimum absolute atomic E-state index is 0.0445. The van der Waals surface area contributed by atoms with Crippen molar-refractivity contribution < 1.29 is 14.7 Å². The fourth-order valence-electron chi connectivity index (χ4n) is 4.24. The largest absolute Gasteiger partial charge is 0.391 e. The van der Waals surface area contributed by atoms with Gasteiger partial charge >= 0.3 is 0 Å². The second-order valence-electron chi connectivity index (χ2n) is 7.52. The molecule has 0 aliphatic heterocycles. The van der Waals surface area contributed by atoms with Crippen LogP contribution >= 0.6 is 0 Å². The van der Waals surface area contributed by atoms with Gasteiger partial charge in [-0.1, -0.05) is 6.42 Å². The first-order valence-corrected chi connectivity index (χ1v) is 8.80. The molecule has 3 N–H and O–H groups in total. The minimum atomic E-state index is -0.870. The third-order valence-corrected chi connectivity index (χ3v) is 5.71. The zero-order chi connectivity index (χ0) is 15.7. The predicted octanol–water partition coefficient (Wildman–Crippen LogP) is 1.20. The summed E-state index contributed by atoms with van der Waals surface area (Å²) in [4.78, 5) is 24.0. The van der Waals surface area contributed by atoms with Crippen LogP contribution in [0, 0.1) is 23.7 Å². The van der Waals surface area contributed by atoms with Gasteiger partial charge in [0, 0.05) is 12.5 Å². The van der Waals surface area contributed by atoms with Gasteiger partial charge < -0.3 is 15.7 Å². The molecule has 5 nitrogen and oxygen atoms in total. The lowest BCUT2D eigenvalue weighted by molar-refractivity contribution is -0.132. The SMILES string of the molecule is CC(O)C(NC(=O)C1CC1)C(=O)NCCC1CC2CCC1C2. The molecule has 3 rings (SSSR count). The fourth-order valence-corrected chi connectivity index (χ4v) is 4.24. The van der Waals surface area contributed by atoms with Gasteiger partial charge in [0.2, 0.25) is 11.8 Å². The van der Waals surface area contributed by atoms with Crippen molar-refractivity contribution in [1.82, 2.24) is 10.6 Å². The molecule has 3 fully saturated rings. The summed E-state index contributed by atoms with van der Waals surface area (Å²) in [6.45, 7) is 2.20. The molecule has 0 aromatic heterocycles. The zero-order valence-corrected chi connectivity index (χ0v) is 13.4. The lowest BCUT2D eigenvalue weighted by Gasteiger charge is -2.23. The van der Waals surface area contributed by atoms with Crippen LogP contribution in [0.4, 0.5) is 0 Å². The van der Waals surface area contributed by atoms with E-state index in [0.29, 0.717) is 6.54 Å². The van der Waals surface area contributed by atoms with Gasteiger partial charge in [0.05, 0.1) is 6.10 Å². The van der Waals surface area contributed by atoms with Crippen LogP contribution in [0.1, 0.15) is 51.9 Å². The molecule has 2 amide bonds. The van der Waals surface area contributed by atoms with Crippen molar-refractivity contribution in [2.24, 2.45) is 23.7 Å². The Morgan fingerprint density at radius 1 is 1.18 bits per heavy atom. The first kappa shape index (κ1) is 15.8. The Hall–Kier alpha value is -1.10. The van der Waals surface area contributed by atoms with Gasteiger partial charge in [-0.2, -0.15) is 0 Å². The van der Waals surface area contributed by atoms with Crippen LogP contribution in [0.2, 0.25) is 0 Å². The molecule has 0 spiro atoms. The van der Waals surface area contributed by atoms with Crippen LogP contribution in [0.15, 0.2) is 0 Å². The van der Waals surface area contributed by atoms with E-state index in [2.05, 4.69) is 10.6 Å². The number of carbonyl (C=O) groups excluding carboxylic acids is 2. The molecule has 5 heteroatoms. The Balaban J connectivity index is 1.41. The van der Waals surface area contributed by atoms with E-state index in [9.17, 15) is 14.7 Å². The molecule has 5 atom stereocenters. The van der Waals surface area contributed by atoms with E-state index in [0.717, 1.165) is 37.0 Å². The average Bonchev–Trinajstić information content (AvgIpc) is 3.13. The van der Waals surface area contributed by atoms with Crippen molar-refractivity contribution in [1.29, 1.82) is 0 Å². The third kappa shape index (κ3) is 3.62. The molecule has 5 unspecified atom stereocenters. The van der Waals surface area contributed by atoms with Gasteiger partial charge in [0.25, 0.3) is 0 Å². The van der Waals surface area contributed by atoms with Crippen LogP contribution < -0.4 is 10.6 Å². The minimum Gasteiger partial charge on any atom is -0.391 e. The van der Waals surface area contributed by atoms with E-state index in [1.54, 1.807) is 6.92 Å². The third-order valence-electron chi connectivity index (χ3n) is 5.71. The Kier molecular flexibility index (Phi) is 4.71. The average molecular weight is 308 g/mol. The number of fused-ring (bicyclic) bond motifs is 2. The fraction of sp³-hybridized carbons (Fsp3) is 0.882. The highest BCUT2D eigenvalue weighted by Crippen LogP contribution is 2.49. The van der Waals surface area contributed by atoms with Gasteiger partial charge in [-0.15, -0.1) is 0 Å². The van der Waals surface area contributed by atoms with Gasteiger partial charge in [-0.05, 0) is 63.2 Å². The molecule has 0 aromatic rings. The van der Waals surface area contributed by atoms with E-state index in [4.69, 9.17) is 0 Å². The lowest BCUT2D eigenvalue weighted by Crippen LogP contribution is -2.53. The summed E-state index contributed by atoms with van der Waals surface area (Å²) < 4.78 is 0.